The number of rotatable bonds is 9. The highest BCUT2D eigenvalue weighted by molar-refractivity contribution is 6.79. The Morgan fingerprint density at radius 1 is 1.00 bits per heavy atom. The van der Waals surface area contributed by atoms with Gasteiger partial charge in [-0.05, 0) is 49.4 Å². The Labute approximate surface area is 153 Å². The van der Waals surface area contributed by atoms with E-state index in [0.29, 0.717) is 26.4 Å². The van der Waals surface area contributed by atoms with Crippen molar-refractivity contribution >= 4 is 24.0 Å². The van der Waals surface area contributed by atoms with Crippen LogP contribution in [0.1, 0.15) is 80.6 Å². The molecule has 0 saturated heterocycles. The van der Waals surface area contributed by atoms with Gasteiger partial charge in [-0.25, -0.2) is 0 Å². The van der Waals surface area contributed by atoms with E-state index in [1.807, 2.05) is 20.8 Å². The van der Waals surface area contributed by atoms with E-state index >= 15 is 0 Å². The molecule has 2 radical (unpaired) electrons. The van der Waals surface area contributed by atoms with Crippen LogP contribution in [0.15, 0.2) is 0 Å². The predicted octanol–water partition coefficient (Wildman–Crippen LogP) is 5.73. The van der Waals surface area contributed by atoms with Gasteiger partial charge in [0.2, 0.25) is 9.76 Å². The van der Waals surface area contributed by atoms with Crippen molar-refractivity contribution in [1.29, 1.82) is 0 Å². The summed E-state index contributed by atoms with van der Waals surface area (Å²) in [4.78, 5) is 12.8. The molecule has 1 atom stereocenters. The van der Waals surface area contributed by atoms with Crippen LogP contribution in [0.2, 0.25) is 22.7 Å². The average molecular weight is 371 g/mol. The number of hydrogen-bond donors (Lipinski definition) is 0. The van der Waals surface area contributed by atoms with E-state index in [2.05, 4.69) is 27.7 Å². The summed E-state index contributed by atoms with van der Waals surface area (Å²) >= 11 is 0. The van der Waals surface area contributed by atoms with Gasteiger partial charge in [0.1, 0.15) is 0 Å². The van der Waals surface area contributed by atoms with E-state index in [1.54, 1.807) is 0 Å². The molecule has 1 aliphatic rings. The maximum absolute atomic E-state index is 12.8. The van der Waals surface area contributed by atoms with Crippen LogP contribution in [0.4, 0.5) is 0 Å². The van der Waals surface area contributed by atoms with Gasteiger partial charge in [0.25, 0.3) is 14.3 Å². The summed E-state index contributed by atoms with van der Waals surface area (Å²) in [5, 5.41) is 0. The molecule has 1 aliphatic carbocycles. The molecule has 1 rings (SSSR count). The maximum atomic E-state index is 12.8. The van der Waals surface area contributed by atoms with Crippen LogP contribution >= 0.6 is 0 Å². The summed E-state index contributed by atoms with van der Waals surface area (Å²) in [5.74, 6) is -0.0375. The van der Waals surface area contributed by atoms with Crippen LogP contribution in [-0.2, 0) is 13.6 Å². The monoisotopic (exact) mass is 370 g/mol. The van der Waals surface area contributed by atoms with Gasteiger partial charge < -0.3 is 8.85 Å². The molecule has 0 bridgehead atoms. The van der Waals surface area contributed by atoms with E-state index < -0.39 is 8.32 Å². The third-order valence-corrected chi connectivity index (χ3v) is 12.9. The van der Waals surface area contributed by atoms with Crippen molar-refractivity contribution in [3.63, 3.8) is 0 Å². The van der Waals surface area contributed by atoms with E-state index in [0.717, 1.165) is 6.04 Å². The highest BCUT2D eigenvalue weighted by atomic mass is 28.4. The van der Waals surface area contributed by atoms with Crippen molar-refractivity contribution in [2.45, 2.75) is 109 Å². The van der Waals surface area contributed by atoms with Gasteiger partial charge >= 0.3 is 0 Å². The second-order valence-electron chi connectivity index (χ2n) is 8.34. The SMILES string of the molecule is CC(C)O[Si]CC(C)C(=O)O[Si](C(C)C)(C(C)C)C1CCCCC1. The molecule has 0 N–H and O–H groups in total. The summed E-state index contributed by atoms with van der Waals surface area (Å²) in [6.45, 7) is 15.2. The van der Waals surface area contributed by atoms with Crippen molar-refractivity contribution < 1.29 is 13.6 Å². The molecule has 0 amide bonds. The van der Waals surface area contributed by atoms with Crippen LogP contribution in [0.25, 0.3) is 0 Å². The Kier molecular flexibility index (Phi) is 9.24. The van der Waals surface area contributed by atoms with Gasteiger partial charge in [-0.1, -0.05) is 53.9 Å². The van der Waals surface area contributed by atoms with E-state index in [1.165, 1.54) is 32.1 Å². The minimum atomic E-state index is -2.12. The first-order valence-corrected chi connectivity index (χ1v) is 13.1. The minimum Gasteiger partial charge on any atom is -0.518 e. The van der Waals surface area contributed by atoms with Crippen molar-refractivity contribution in [3.8, 4) is 0 Å². The first-order valence-electron chi connectivity index (χ1n) is 9.83. The molecule has 0 heterocycles. The molecular weight excluding hydrogens is 332 g/mol. The topological polar surface area (TPSA) is 35.5 Å². The van der Waals surface area contributed by atoms with Gasteiger partial charge in [-0.15, -0.1) is 0 Å². The van der Waals surface area contributed by atoms with Crippen LogP contribution < -0.4 is 0 Å². The second-order valence-corrected chi connectivity index (χ2v) is 14.3. The largest absolute Gasteiger partial charge is 0.518 e. The smallest absolute Gasteiger partial charge is 0.295 e. The third kappa shape index (κ3) is 5.70. The zero-order valence-electron chi connectivity index (χ0n) is 16.9. The van der Waals surface area contributed by atoms with Crippen LogP contribution in [0, 0.1) is 5.92 Å². The van der Waals surface area contributed by atoms with Crippen molar-refractivity contribution in [1.82, 2.24) is 0 Å². The molecule has 0 spiro atoms. The number of hydrogen-bond acceptors (Lipinski definition) is 3. The molecule has 0 aliphatic heterocycles. The highest BCUT2D eigenvalue weighted by Gasteiger charge is 2.52. The van der Waals surface area contributed by atoms with Crippen LogP contribution in [0.5, 0.6) is 0 Å². The molecule has 0 aromatic rings. The highest BCUT2D eigenvalue weighted by Crippen LogP contribution is 2.49. The molecular formula is C19H38O3Si2. The first kappa shape index (κ1) is 21.9. The fourth-order valence-electron chi connectivity index (χ4n) is 4.18. The number of carbonyl (C=O) groups is 1. The molecule has 0 aromatic carbocycles. The van der Waals surface area contributed by atoms with Crippen molar-refractivity contribution in [3.05, 3.63) is 0 Å². The minimum absolute atomic E-state index is 0.0227. The van der Waals surface area contributed by atoms with Gasteiger partial charge in [0, 0.05) is 6.10 Å². The molecule has 1 saturated carbocycles. The standard InChI is InChI=1S/C19H38O3Si2/c1-14(2)21-23-13-17(7)19(20)22-24(15(3)4,16(5)6)18-11-9-8-10-12-18/h14-18H,8-13H2,1-7H3. The number of carbonyl (C=O) groups excluding carboxylic acids is 1. The van der Waals surface area contributed by atoms with Gasteiger partial charge in [0.05, 0.1) is 5.92 Å². The van der Waals surface area contributed by atoms with Gasteiger partial charge in [-0.3, -0.25) is 4.79 Å². The predicted molar refractivity (Wildman–Crippen MR) is 105 cm³/mol. The van der Waals surface area contributed by atoms with Gasteiger partial charge in [0.15, 0.2) is 0 Å². The summed E-state index contributed by atoms with van der Waals surface area (Å²) in [5.41, 5.74) is 1.59. The Balaban J connectivity index is 2.81. The molecule has 1 unspecified atom stereocenters. The lowest BCUT2D eigenvalue weighted by molar-refractivity contribution is -0.139. The summed E-state index contributed by atoms with van der Waals surface area (Å²) in [6, 6.07) is 0.780. The van der Waals surface area contributed by atoms with Crippen molar-refractivity contribution in [2.75, 3.05) is 0 Å². The lowest BCUT2D eigenvalue weighted by Gasteiger charge is -2.45. The zero-order chi connectivity index (χ0) is 18.3. The maximum Gasteiger partial charge on any atom is 0.295 e. The Morgan fingerprint density at radius 3 is 2.00 bits per heavy atom. The molecule has 3 nitrogen and oxygen atoms in total. The Bertz CT molecular complexity index is 369. The van der Waals surface area contributed by atoms with E-state index in [9.17, 15) is 4.79 Å². The summed E-state index contributed by atoms with van der Waals surface area (Å²) in [7, 11) is -1.74. The average Bonchev–Trinajstić information content (AvgIpc) is 2.52. The summed E-state index contributed by atoms with van der Waals surface area (Å²) in [6.07, 6.45) is 6.68. The molecule has 24 heavy (non-hydrogen) atoms. The third-order valence-electron chi connectivity index (χ3n) is 5.44. The lowest BCUT2D eigenvalue weighted by atomic mass is 10.0. The zero-order valence-corrected chi connectivity index (χ0v) is 18.9. The fourth-order valence-corrected chi connectivity index (χ4v) is 10.7. The van der Waals surface area contributed by atoms with E-state index in [4.69, 9.17) is 8.85 Å². The van der Waals surface area contributed by atoms with Crippen LogP contribution in [0.3, 0.4) is 0 Å². The van der Waals surface area contributed by atoms with E-state index in [-0.39, 0.29) is 18.0 Å². The normalized spacial score (nSPS) is 18.4. The quantitative estimate of drug-likeness (QED) is 0.486. The van der Waals surface area contributed by atoms with Crippen molar-refractivity contribution in [2.24, 2.45) is 5.92 Å². The lowest BCUT2D eigenvalue weighted by Crippen LogP contribution is -2.52. The van der Waals surface area contributed by atoms with Crippen LogP contribution in [-0.4, -0.2) is 30.2 Å². The molecule has 140 valence electrons. The second kappa shape index (κ2) is 10.1. The molecule has 0 aromatic heterocycles. The Morgan fingerprint density at radius 2 is 1.54 bits per heavy atom. The Hall–Kier alpha value is -0.136. The fraction of sp³-hybridized carbons (Fsp3) is 0.947. The molecule has 1 fully saturated rings. The van der Waals surface area contributed by atoms with Gasteiger partial charge in [-0.2, -0.15) is 0 Å². The summed E-state index contributed by atoms with van der Waals surface area (Å²) < 4.78 is 12.1. The molecule has 5 heteroatoms. The first-order chi connectivity index (χ1) is 11.2.